The standard InChI is InChI=1S/C12H15NO.C11H13NO.2C10H11NO.C9H8N2O.C9H9NO.C8H8N2O.C8H8N2/c1-7-4-10-6-11(9(3)14)13-12(10)5-8(7)2;13-7-3-5-10-8-9-4-1-2-6-11(9)12-10;1-7(12)10-6-8-4-2-3-5-9(8)11-10;12-6-5-9-7-8-3-1-2-4-10(8)11-9;1-11-8-5-3-2-4-7(8)10-9(11)6-12;11-6-8-5-7-3-1-2-4-9(7)10-8;11-6-10-5-9-7-3-1-2-4-8(7)10;1-10-6-9-7-4-2-3-5-8(7)10/h4-5,9,14H,6H2,1-3H3;1-2,4,6,13H,3,5,7-8H2;2-5,7,12H,6H2,1H3;1-4,12H,5-7H2;2-6H,1H3;1-4,11H,5-6H2;1-5,11H,6H2;2-6H,1H3. The van der Waals surface area contributed by atoms with Crippen LogP contribution < -0.4 is 0 Å². The minimum absolute atomic E-state index is 0.0134. The van der Waals surface area contributed by atoms with Crippen molar-refractivity contribution in [1.29, 1.82) is 0 Å². The summed E-state index contributed by atoms with van der Waals surface area (Å²) in [6.45, 7) is 8.24. The van der Waals surface area contributed by atoms with Gasteiger partial charge in [0.15, 0.2) is 12.1 Å². The summed E-state index contributed by atoms with van der Waals surface area (Å²) in [5.74, 6) is 0.469. The number of nitrogens with zero attached hydrogens (tertiary/aromatic N) is 11. The van der Waals surface area contributed by atoms with Crippen LogP contribution in [0.3, 0.4) is 0 Å². The van der Waals surface area contributed by atoms with Crippen LogP contribution in [-0.4, -0.2) is 126 Å². The van der Waals surface area contributed by atoms with Crippen molar-refractivity contribution < 1.29 is 35.4 Å². The van der Waals surface area contributed by atoms with Crippen molar-refractivity contribution in [2.75, 3.05) is 19.8 Å². The number of carbonyl (C=O) groups excluding carboxylic acids is 1. The highest BCUT2D eigenvalue weighted by Crippen LogP contribution is 2.32. The molecule has 18 heteroatoms. The molecule has 0 bridgehead atoms. The van der Waals surface area contributed by atoms with Crippen molar-refractivity contribution in [3.05, 3.63) is 239 Å². The molecule has 95 heavy (non-hydrogen) atoms. The van der Waals surface area contributed by atoms with Crippen LogP contribution in [0.2, 0.25) is 0 Å². The fraction of sp³-hybridized carbons (Fsp3) is 0.260. The molecule has 0 fully saturated rings. The topological polar surface area (TPSA) is 254 Å². The van der Waals surface area contributed by atoms with E-state index >= 15 is 0 Å². The van der Waals surface area contributed by atoms with E-state index in [2.05, 4.69) is 84.1 Å². The Bertz CT molecular complexity index is 4550. The minimum Gasteiger partial charge on any atom is -0.396 e. The molecule has 11 aromatic rings. The maximum atomic E-state index is 10.5. The Morgan fingerprint density at radius 3 is 1.38 bits per heavy atom. The Balaban J connectivity index is 0.000000128. The number of aliphatic hydroxyl groups excluding tert-OH is 6. The van der Waals surface area contributed by atoms with Gasteiger partial charge in [0.05, 0.1) is 104 Å². The van der Waals surface area contributed by atoms with Crippen molar-refractivity contribution in [3.8, 4) is 0 Å². The first kappa shape index (κ1) is 69.3. The smallest absolute Gasteiger partial charge is 0.185 e. The molecule has 6 N–H and O–H groups in total. The Labute approximate surface area is 554 Å². The maximum Gasteiger partial charge on any atom is 0.185 e. The number of aliphatic imine (C=N–C) groups is 5. The number of aliphatic hydroxyl groups is 6. The van der Waals surface area contributed by atoms with Crippen LogP contribution in [0.5, 0.6) is 0 Å². The number of benzene rings is 8. The number of rotatable bonds is 10. The van der Waals surface area contributed by atoms with E-state index < -0.39 is 12.2 Å². The lowest BCUT2D eigenvalue weighted by Crippen LogP contribution is -2.15. The number of para-hydroxylation sites is 10. The number of hydrogen-bond donors (Lipinski definition) is 6. The van der Waals surface area contributed by atoms with E-state index in [1.165, 1.54) is 50.2 Å². The van der Waals surface area contributed by atoms with Gasteiger partial charge in [-0.15, -0.1) is 0 Å². The van der Waals surface area contributed by atoms with E-state index in [4.69, 9.17) is 20.4 Å². The average Bonchev–Trinajstić information content (AvgIpc) is 1.82. The number of aldehydes is 1. The maximum absolute atomic E-state index is 10.5. The lowest BCUT2D eigenvalue weighted by Gasteiger charge is -2.03. The van der Waals surface area contributed by atoms with Crippen LogP contribution in [0.25, 0.3) is 33.1 Å². The normalized spacial score (nSPS) is 13.6. The Hall–Kier alpha value is -10.1. The number of imidazole rings is 3. The van der Waals surface area contributed by atoms with Gasteiger partial charge in [-0.2, -0.15) is 0 Å². The van der Waals surface area contributed by atoms with Crippen molar-refractivity contribution >= 4 is 96.4 Å². The summed E-state index contributed by atoms with van der Waals surface area (Å²) in [6.07, 6.45) is 10.1. The minimum atomic E-state index is -0.428. The fourth-order valence-electron chi connectivity index (χ4n) is 11.0. The third-order valence-electron chi connectivity index (χ3n) is 16.4. The van der Waals surface area contributed by atoms with Crippen LogP contribution in [-0.2, 0) is 52.9 Å². The Morgan fingerprint density at radius 2 is 0.884 bits per heavy atom. The van der Waals surface area contributed by atoms with Gasteiger partial charge in [-0.05, 0) is 146 Å². The van der Waals surface area contributed by atoms with Gasteiger partial charge >= 0.3 is 0 Å². The molecule has 0 spiro atoms. The third kappa shape index (κ3) is 18.6. The van der Waals surface area contributed by atoms with Crippen molar-refractivity contribution in [2.24, 2.45) is 39.1 Å². The van der Waals surface area contributed by atoms with Gasteiger partial charge < -0.3 is 44.3 Å². The lowest BCUT2D eigenvalue weighted by atomic mass is 10.0. The molecule has 0 aliphatic carbocycles. The summed E-state index contributed by atoms with van der Waals surface area (Å²) in [7, 11) is 3.83. The molecule has 8 heterocycles. The highest BCUT2D eigenvalue weighted by Gasteiger charge is 2.20. The third-order valence-corrected chi connectivity index (χ3v) is 16.4. The molecule has 2 unspecified atom stereocenters. The van der Waals surface area contributed by atoms with E-state index in [1.807, 2.05) is 177 Å². The molecule has 2 atom stereocenters. The predicted molar refractivity (Wildman–Crippen MR) is 383 cm³/mol. The first-order valence-electron chi connectivity index (χ1n) is 31.8. The van der Waals surface area contributed by atoms with E-state index in [0.717, 1.165) is 130 Å². The van der Waals surface area contributed by atoms with Crippen LogP contribution in [0.1, 0.15) is 82.7 Å². The first-order valence-corrected chi connectivity index (χ1v) is 31.8. The molecule has 488 valence electrons. The van der Waals surface area contributed by atoms with Gasteiger partial charge in [0, 0.05) is 83.0 Å². The average molecular weight is 1270 g/mol. The molecule has 8 aromatic carbocycles. The molecule has 0 saturated heterocycles. The second-order valence-corrected chi connectivity index (χ2v) is 23.3. The summed E-state index contributed by atoms with van der Waals surface area (Å²) in [5.41, 5.74) is 25.0. The van der Waals surface area contributed by atoms with Crippen LogP contribution >= 0.6 is 0 Å². The molecular formula is C77H83N11O7. The van der Waals surface area contributed by atoms with E-state index in [9.17, 15) is 15.0 Å². The van der Waals surface area contributed by atoms with E-state index in [-0.39, 0.29) is 26.6 Å². The summed E-state index contributed by atoms with van der Waals surface area (Å²) >= 11 is 0. The number of fused-ring (bicyclic) bond motifs is 8. The molecule has 3 aromatic heterocycles. The van der Waals surface area contributed by atoms with E-state index in [1.54, 1.807) is 29.3 Å². The summed E-state index contributed by atoms with van der Waals surface area (Å²) in [6, 6.07) is 60.0. The SMILES string of the molecule is CC(O)C1=Nc2ccccc2C1.Cc1cc2c(cc1C)N=C(C(C)O)C2.Cn1c(C=O)nc2ccccc21.Cn1cnc2ccccc21.OCC1=Nc2ccccc2C1.OCCC1=Nc2ccccc2C1.OCCCC1=Nc2ccccc2C1.OCn1cnc2ccccc21. The van der Waals surface area contributed by atoms with Crippen LogP contribution in [0, 0.1) is 13.8 Å². The molecule has 0 amide bonds. The fourth-order valence-corrected chi connectivity index (χ4v) is 11.0. The highest BCUT2D eigenvalue weighted by molar-refractivity contribution is 5.98. The van der Waals surface area contributed by atoms with Crippen LogP contribution in [0.4, 0.5) is 28.4 Å². The van der Waals surface area contributed by atoms with Gasteiger partial charge in [-0.1, -0.05) is 115 Å². The zero-order valence-electron chi connectivity index (χ0n) is 54.7. The van der Waals surface area contributed by atoms with Crippen molar-refractivity contribution in [2.45, 2.75) is 98.0 Å². The number of carbonyl (C=O) groups is 1. The predicted octanol–water partition coefficient (Wildman–Crippen LogP) is 13.0. The summed E-state index contributed by atoms with van der Waals surface area (Å²) in [5, 5.41) is 53.8. The molecular weight excluding hydrogens is 1190 g/mol. The van der Waals surface area contributed by atoms with Gasteiger partial charge in [-0.25, -0.2) is 15.0 Å². The van der Waals surface area contributed by atoms with Crippen molar-refractivity contribution in [1.82, 2.24) is 28.7 Å². The molecule has 5 aliphatic rings. The number of hydrogen-bond acceptors (Lipinski definition) is 15. The monoisotopic (exact) mass is 1270 g/mol. The van der Waals surface area contributed by atoms with Crippen LogP contribution in [0.15, 0.2) is 220 Å². The van der Waals surface area contributed by atoms with Gasteiger partial charge in [0.2, 0.25) is 0 Å². The first-order chi connectivity index (χ1) is 46.2. The zero-order valence-corrected chi connectivity index (χ0v) is 54.7. The Kier molecular flexibility index (Phi) is 25.0. The molecule has 0 saturated carbocycles. The second kappa shape index (κ2) is 34.2. The summed E-state index contributed by atoms with van der Waals surface area (Å²) in [4.78, 5) is 44.8. The van der Waals surface area contributed by atoms with Crippen molar-refractivity contribution in [3.63, 3.8) is 0 Å². The van der Waals surface area contributed by atoms with Gasteiger partial charge in [0.25, 0.3) is 0 Å². The zero-order chi connectivity index (χ0) is 67.2. The number of aryl methyl sites for hydroxylation is 4. The quantitative estimate of drug-likeness (QED) is 0.0706. The second-order valence-electron chi connectivity index (χ2n) is 23.3. The largest absolute Gasteiger partial charge is 0.396 e. The molecule has 0 radical (unpaired) electrons. The van der Waals surface area contributed by atoms with Gasteiger partial charge in [-0.3, -0.25) is 29.8 Å². The highest BCUT2D eigenvalue weighted by atomic mass is 16.3. The molecule has 18 nitrogen and oxygen atoms in total. The summed E-state index contributed by atoms with van der Waals surface area (Å²) < 4.78 is 5.48. The number of aromatic nitrogens is 6. The Morgan fingerprint density at radius 1 is 0.453 bits per heavy atom. The lowest BCUT2D eigenvalue weighted by molar-refractivity contribution is 0.111. The molecule has 5 aliphatic heterocycles. The van der Waals surface area contributed by atoms with E-state index in [0.29, 0.717) is 12.2 Å². The molecule has 16 rings (SSSR count). The van der Waals surface area contributed by atoms with Gasteiger partial charge in [0.1, 0.15) is 6.73 Å².